The lowest BCUT2D eigenvalue weighted by Crippen LogP contribution is -2.07. The molecule has 0 bridgehead atoms. The van der Waals surface area contributed by atoms with Crippen molar-refractivity contribution in [3.63, 3.8) is 0 Å². The molecule has 2 N–H and O–H groups in total. The first-order valence-corrected chi connectivity index (χ1v) is 5.95. The fraction of sp³-hybridized carbons (Fsp3) is 0.143. The van der Waals surface area contributed by atoms with Crippen molar-refractivity contribution >= 4 is 17.3 Å². The molecule has 1 atom stereocenters. The largest absolute Gasteiger partial charge is 0.505 e. The van der Waals surface area contributed by atoms with E-state index in [1.54, 1.807) is 6.07 Å². The van der Waals surface area contributed by atoms with Crippen LogP contribution in [-0.2, 0) is 0 Å². The molecular weight excluding hydrogens is 253 g/mol. The van der Waals surface area contributed by atoms with Gasteiger partial charge in [-0.15, -0.1) is 0 Å². The van der Waals surface area contributed by atoms with Crippen molar-refractivity contribution in [1.82, 2.24) is 0 Å². The van der Waals surface area contributed by atoms with Gasteiger partial charge in [-0.3, -0.25) is 0 Å². The minimum absolute atomic E-state index is 0.0531. The Hall–Kier alpha value is -1.74. The van der Waals surface area contributed by atoms with E-state index >= 15 is 0 Å². The van der Waals surface area contributed by atoms with Gasteiger partial charge in [-0.05, 0) is 30.7 Å². The number of nitrogens with one attached hydrogen (secondary N) is 1. The van der Waals surface area contributed by atoms with Gasteiger partial charge in [0.25, 0.3) is 0 Å². The summed E-state index contributed by atoms with van der Waals surface area (Å²) in [5, 5.41) is 12.9. The van der Waals surface area contributed by atoms with Crippen LogP contribution in [0.1, 0.15) is 18.5 Å². The summed E-state index contributed by atoms with van der Waals surface area (Å²) in [6.45, 7) is 1.94. The van der Waals surface area contributed by atoms with Crippen LogP contribution in [0.5, 0.6) is 5.75 Å². The molecule has 0 heterocycles. The van der Waals surface area contributed by atoms with Gasteiger partial charge in [0, 0.05) is 22.8 Å². The maximum atomic E-state index is 13.2. The molecule has 0 aromatic heterocycles. The van der Waals surface area contributed by atoms with Crippen molar-refractivity contribution in [2.24, 2.45) is 0 Å². The number of hydrogen-bond acceptors (Lipinski definition) is 2. The van der Waals surface area contributed by atoms with Crippen molar-refractivity contribution in [3.05, 3.63) is 58.9 Å². The molecule has 0 aliphatic rings. The molecule has 2 aromatic rings. The van der Waals surface area contributed by atoms with Crippen molar-refractivity contribution in [1.29, 1.82) is 0 Å². The molecule has 0 saturated heterocycles. The van der Waals surface area contributed by atoms with E-state index in [0.717, 1.165) is 5.56 Å². The molecule has 0 spiro atoms. The molecule has 2 nitrogen and oxygen atoms in total. The fourth-order valence-electron chi connectivity index (χ4n) is 1.75. The topological polar surface area (TPSA) is 32.3 Å². The highest BCUT2D eigenvalue weighted by Gasteiger charge is 2.09. The summed E-state index contributed by atoms with van der Waals surface area (Å²) >= 11 is 6.09. The molecule has 0 aliphatic heterocycles. The second kappa shape index (κ2) is 5.27. The predicted molar refractivity (Wildman–Crippen MR) is 71.6 cm³/mol. The number of hydrogen-bond donors (Lipinski definition) is 2. The number of phenolic OH excluding ortho intramolecular Hbond substituents is 1. The normalized spacial score (nSPS) is 12.2. The molecule has 0 saturated carbocycles. The third-order valence-electron chi connectivity index (χ3n) is 2.70. The van der Waals surface area contributed by atoms with E-state index in [0.29, 0.717) is 10.7 Å². The van der Waals surface area contributed by atoms with Crippen LogP contribution >= 0.6 is 11.6 Å². The zero-order valence-corrected chi connectivity index (χ0v) is 10.6. The lowest BCUT2D eigenvalue weighted by atomic mass is 10.1. The lowest BCUT2D eigenvalue weighted by Gasteiger charge is -2.17. The molecule has 0 amide bonds. The molecule has 94 valence electrons. The maximum Gasteiger partial charge on any atom is 0.166 e. The number of benzene rings is 2. The first kappa shape index (κ1) is 12.7. The Bertz CT molecular complexity index is 559. The quantitative estimate of drug-likeness (QED) is 0.809. The summed E-state index contributed by atoms with van der Waals surface area (Å²) in [7, 11) is 0. The van der Waals surface area contributed by atoms with Crippen LogP contribution in [0.4, 0.5) is 10.1 Å². The Morgan fingerprint density at radius 3 is 2.61 bits per heavy atom. The molecule has 0 aliphatic carbocycles. The van der Waals surface area contributed by atoms with E-state index in [1.165, 1.54) is 12.1 Å². The Labute approximate surface area is 110 Å². The Morgan fingerprint density at radius 1 is 1.22 bits per heavy atom. The third-order valence-corrected chi connectivity index (χ3v) is 3.05. The number of phenols is 1. The van der Waals surface area contributed by atoms with Gasteiger partial charge in [-0.1, -0.05) is 29.8 Å². The van der Waals surface area contributed by atoms with Gasteiger partial charge in [-0.2, -0.15) is 0 Å². The van der Waals surface area contributed by atoms with Crippen LogP contribution in [0.2, 0.25) is 5.02 Å². The Morgan fingerprint density at radius 2 is 1.94 bits per heavy atom. The summed E-state index contributed by atoms with van der Waals surface area (Å²) in [4.78, 5) is 0. The number of halogens is 2. The fourth-order valence-corrected chi connectivity index (χ4v) is 2.05. The standard InChI is InChI=1S/C14H13ClFNO/c1-9(11-4-2-3-5-12(11)15)17-10-6-7-14(18)13(16)8-10/h2-9,17-18H,1H3. The van der Waals surface area contributed by atoms with Crippen LogP contribution in [0.3, 0.4) is 0 Å². The first-order chi connectivity index (χ1) is 8.58. The van der Waals surface area contributed by atoms with Gasteiger partial charge in [-0.25, -0.2) is 4.39 Å². The highest BCUT2D eigenvalue weighted by molar-refractivity contribution is 6.31. The van der Waals surface area contributed by atoms with Gasteiger partial charge in [0.15, 0.2) is 11.6 Å². The van der Waals surface area contributed by atoms with Crippen LogP contribution in [0.25, 0.3) is 0 Å². The van der Waals surface area contributed by atoms with E-state index in [2.05, 4.69) is 5.32 Å². The molecule has 4 heteroatoms. The van der Waals surface area contributed by atoms with Crippen molar-refractivity contribution in [2.45, 2.75) is 13.0 Å². The van der Waals surface area contributed by atoms with Gasteiger partial charge in [0.1, 0.15) is 0 Å². The molecule has 1 unspecified atom stereocenters. The Kier molecular flexibility index (Phi) is 3.72. The van der Waals surface area contributed by atoms with Crippen LogP contribution < -0.4 is 5.32 Å². The van der Waals surface area contributed by atoms with Gasteiger partial charge in [0.2, 0.25) is 0 Å². The number of aromatic hydroxyl groups is 1. The highest BCUT2D eigenvalue weighted by atomic mass is 35.5. The molecular formula is C14H13ClFNO. The zero-order valence-electron chi connectivity index (χ0n) is 9.82. The molecule has 0 fully saturated rings. The molecule has 0 radical (unpaired) electrons. The summed E-state index contributed by atoms with van der Waals surface area (Å²) in [6, 6.07) is 11.6. The molecule has 2 aromatic carbocycles. The smallest absolute Gasteiger partial charge is 0.166 e. The average Bonchev–Trinajstić information content (AvgIpc) is 2.34. The third kappa shape index (κ3) is 2.74. The first-order valence-electron chi connectivity index (χ1n) is 5.57. The predicted octanol–water partition coefficient (Wildman–Crippen LogP) is 4.36. The summed E-state index contributed by atoms with van der Waals surface area (Å²) in [5.74, 6) is -1.00. The SMILES string of the molecule is CC(Nc1ccc(O)c(F)c1)c1ccccc1Cl. The summed E-state index contributed by atoms with van der Waals surface area (Å²) in [5.41, 5.74) is 1.53. The zero-order chi connectivity index (χ0) is 13.1. The van der Waals surface area contributed by atoms with E-state index in [1.807, 2.05) is 31.2 Å². The van der Waals surface area contributed by atoms with E-state index in [9.17, 15) is 4.39 Å². The number of rotatable bonds is 3. The lowest BCUT2D eigenvalue weighted by molar-refractivity contribution is 0.432. The van der Waals surface area contributed by atoms with Gasteiger partial charge < -0.3 is 10.4 Å². The summed E-state index contributed by atoms with van der Waals surface area (Å²) < 4.78 is 13.2. The minimum atomic E-state index is -0.647. The summed E-state index contributed by atoms with van der Waals surface area (Å²) in [6.07, 6.45) is 0. The van der Waals surface area contributed by atoms with E-state index in [-0.39, 0.29) is 11.8 Å². The molecule has 18 heavy (non-hydrogen) atoms. The van der Waals surface area contributed by atoms with E-state index in [4.69, 9.17) is 16.7 Å². The Balaban J connectivity index is 2.19. The van der Waals surface area contributed by atoms with Crippen LogP contribution in [0.15, 0.2) is 42.5 Å². The molecule has 2 rings (SSSR count). The van der Waals surface area contributed by atoms with Gasteiger partial charge in [0.05, 0.1) is 0 Å². The van der Waals surface area contributed by atoms with Crippen molar-refractivity contribution in [2.75, 3.05) is 5.32 Å². The van der Waals surface area contributed by atoms with Crippen LogP contribution in [0, 0.1) is 5.82 Å². The monoisotopic (exact) mass is 265 g/mol. The maximum absolute atomic E-state index is 13.2. The second-order valence-electron chi connectivity index (χ2n) is 4.05. The van der Waals surface area contributed by atoms with E-state index < -0.39 is 5.82 Å². The van der Waals surface area contributed by atoms with Crippen molar-refractivity contribution in [3.8, 4) is 5.75 Å². The second-order valence-corrected chi connectivity index (χ2v) is 4.46. The minimum Gasteiger partial charge on any atom is -0.505 e. The van der Waals surface area contributed by atoms with Crippen molar-refractivity contribution < 1.29 is 9.50 Å². The highest BCUT2D eigenvalue weighted by Crippen LogP contribution is 2.27. The van der Waals surface area contributed by atoms with Crippen LogP contribution in [-0.4, -0.2) is 5.11 Å². The average molecular weight is 266 g/mol. The number of anilines is 1. The van der Waals surface area contributed by atoms with Gasteiger partial charge >= 0.3 is 0 Å².